The van der Waals surface area contributed by atoms with E-state index in [1.54, 1.807) is 0 Å². The summed E-state index contributed by atoms with van der Waals surface area (Å²) in [5.41, 5.74) is 0. The highest BCUT2D eigenvalue weighted by molar-refractivity contribution is 6.17. The van der Waals surface area contributed by atoms with Crippen molar-refractivity contribution >= 4 is 17.5 Å². The number of ether oxygens (including phenoxy) is 1. The number of unbranched alkanes of at least 4 members (excludes halogenated alkanes) is 1. The second-order valence-corrected chi connectivity index (χ2v) is 4.46. The first-order chi connectivity index (χ1) is 7.16. The molecule has 0 aromatic heterocycles. The molecule has 3 nitrogen and oxygen atoms in total. The van der Waals surface area contributed by atoms with Gasteiger partial charge in [0.2, 0.25) is 5.91 Å². The monoisotopic (exact) mass is 233 g/mol. The Morgan fingerprint density at radius 1 is 1.53 bits per heavy atom. The summed E-state index contributed by atoms with van der Waals surface area (Å²) in [6.45, 7) is 2.80. The zero-order chi connectivity index (χ0) is 11.3. The van der Waals surface area contributed by atoms with Crippen molar-refractivity contribution in [3.05, 3.63) is 0 Å². The molecule has 1 saturated heterocycles. The third-order valence-electron chi connectivity index (χ3n) is 3.00. The summed E-state index contributed by atoms with van der Waals surface area (Å²) < 4.78 is 5.45. The molecule has 0 saturated carbocycles. The van der Waals surface area contributed by atoms with Crippen LogP contribution in [0.25, 0.3) is 0 Å². The van der Waals surface area contributed by atoms with E-state index in [4.69, 9.17) is 16.3 Å². The first-order valence-corrected chi connectivity index (χ1v) is 6.13. The molecule has 0 spiro atoms. The van der Waals surface area contributed by atoms with E-state index in [0.717, 1.165) is 25.9 Å². The van der Waals surface area contributed by atoms with Crippen LogP contribution in [-0.2, 0) is 9.53 Å². The molecule has 0 aromatic rings. The SMILES string of the molecule is CC1OCCC1N(C)C(=O)CCCCCl. The smallest absolute Gasteiger partial charge is 0.222 e. The number of amides is 1. The average Bonchev–Trinajstić information content (AvgIpc) is 2.63. The van der Waals surface area contributed by atoms with E-state index in [0.29, 0.717) is 12.3 Å². The first-order valence-electron chi connectivity index (χ1n) is 5.60. The maximum absolute atomic E-state index is 11.8. The van der Waals surface area contributed by atoms with Gasteiger partial charge in [0.15, 0.2) is 0 Å². The number of carbonyl (C=O) groups is 1. The van der Waals surface area contributed by atoms with Crippen molar-refractivity contribution in [1.29, 1.82) is 0 Å². The zero-order valence-electron chi connectivity index (χ0n) is 9.54. The molecule has 88 valence electrons. The predicted molar refractivity (Wildman–Crippen MR) is 61.2 cm³/mol. The van der Waals surface area contributed by atoms with Crippen LogP contribution in [0, 0.1) is 0 Å². The second-order valence-electron chi connectivity index (χ2n) is 4.08. The van der Waals surface area contributed by atoms with Crippen LogP contribution in [0.5, 0.6) is 0 Å². The minimum atomic E-state index is 0.173. The lowest BCUT2D eigenvalue weighted by Crippen LogP contribution is -2.40. The third-order valence-corrected chi connectivity index (χ3v) is 3.27. The van der Waals surface area contributed by atoms with Crippen LogP contribution in [-0.4, -0.2) is 42.5 Å². The predicted octanol–water partition coefficient (Wildman–Crippen LogP) is 2.03. The Balaban J connectivity index is 2.31. The molecule has 2 unspecified atom stereocenters. The number of rotatable bonds is 5. The van der Waals surface area contributed by atoms with Crippen molar-refractivity contribution in [3.63, 3.8) is 0 Å². The van der Waals surface area contributed by atoms with Crippen molar-refractivity contribution in [2.24, 2.45) is 0 Å². The summed E-state index contributed by atoms with van der Waals surface area (Å²) in [5.74, 6) is 0.849. The number of hydrogen-bond acceptors (Lipinski definition) is 2. The Morgan fingerprint density at radius 3 is 2.80 bits per heavy atom. The molecular weight excluding hydrogens is 214 g/mol. The van der Waals surface area contributed by atoms with Crippen molar-refractivity contribution in [1.82, 2.24) is 4.90 Å². The van der Waals surface area contributed by atoms with Crippen LogP contribution >= 0.6 is 11.6 Å². The Bertz CT molecular complexity index is 211. The molecule has 0 N–H and O–H groups in total. The van der Waals surface area contributed by atoms with Crippen LogP contribution < -0.4 is 0 Å². The standard InChI is InChI=1S/C11H20ClNO2/c1-9-10(6-8-15-9)13(2)11(14)5-3-4-7-12/h9-10H,3-8H2,1-2H3. The first kappa shape index (κ1) is 12.8. The number of halogens is 1. The van der Waals surface area contributed by atoms with E-state index in [1.807, 2.05) is 18.9 Å². The maximum Gasteiger partial charge on any atom is 0.222 e. The zero-order valence-corrected chi connectivity index (χ0v) is 10.3. The molecule has 4 heteroatoms. The van der Waals surface area contributed by atoms with Gasteiger partial charge >= 0.3 is 0 Å². The summed E-state index contributed by atoms with van der Waals surface area (Å²) in [6.07, 6.45) is 3.53. The van der Waals surface area contributed by atoms with Gasteiger partial charge in [0.1, 0.15) is 0 Å². The van der Waals surface area contributed by atoms with Gasteiger partial charge in [-0.25, -0.2) is 0 Å². The average molecular weight is 234 g/mol. The van der Waals surface area contributed by atoms with Crippen molar-refractivity contribution in [2.45, 2.75) is 44.8 Å². The van der Waals surface area contributed by atoms with Gasteiger partial charge in [-0.1, -0.05) is 0 Å². The molecule has 2 atom stereocenters. The van der Waals surface area contributed by atoms with Crippen molar-refractivity contribution in [2.75, 3.05) is 19.5 Å². The highest BCUT2D eigenvalue weighted by Gasteiger charge is 2.29. The second kappa shape index (κ2) is 6.33. The number of carbonyl (C=O) groups excluding carboxylic acids is 1. The van der Waals surface area contributed by atoms with Crippen LogP contribution in [0.4, 0.5) is 0 Å². The van der Waals surface area contributed by atoms with Gasteiger partial charge in [0.25, 0.3) is 0 Å². The summed E-state index contributed by atoms with van der Waals surface area (Å²) in [4.78, 5) is 13.6. The third kappa shape index (κ3) is 3.65. The van der Waals surface area contributed by atoms with E-state index in [-0.39, 0.29) is 18.1 Å². The van der Waals surface area contributed by atoms with E-state index < -0.39 is 0 Å². The Labute approximate surface area is 96.7 Å². The molecule has 1 heterocycles. The summed E-state index contributed by atoms with van der Waals surface area (Å²) in [7, 11) is 1.87. The molecule has 1 rings (SSSR count). The Hall–Kier alpha value is -0.280. The van der Waals surface area contributed by atoms with Crippen LogP contribution in [0.3, 0.4) is 0 Å². The largest absolute Gasteiger partial charge is 0.376 e. The van der Waals surface area contributed by atoms with Gasteiger partial charge in [0.05, 0.1) is 12.1 Å². The van der Waals surface area contributed by atoms with Gasteiger partial charge in [-0.15, -0.1) is 11.6 Å². The summed E-state index contributed by atoms with van der Waals surface area (Å²) in [6, 6.07) is 0.258. The maximum atomic E-state index is 11.8. The van der Waals surface area contributed by atoms with Crippen molar-refractivity contribution < 1.29 is 9.53 Å². The fourth-order valence-corrected chi connectivity index (χ4v) is 2.15. The topological polar surface area (TPSA) is 29.5 Å². The highest BCUT2D eigenvalue weighted by atomic mass is 35.5. The number of hydrogen-bond donors (Lipinski definition) is 0. The lowest BCUT2D eigenvalue weighted by Gasteiger charge is -2.26. The Morgan fingerprint density at radius 2 is 2.27 bits per heavy atom. The minimum Gasteiger partial charge on any atom is -0.376 e. The van der Waals surface area contributed by atoms with E-state index in [1.165, 1.54) is 0 Å². The molecule has 1 fully saturated rings. The molecule has 0 aliphatic carbocycles. The molecule has 1 amide bonds. The molecule has 15 heavy (non-hydrogen) atoms. The van der Waals surface area contributed by atoms with Crippen molar-refractivity contribution in [3.8, 4) is 0 Å². The van der Waals surface area contributed by atoms with Gasteiger partial charge < -0.3 is 9.64 Å². The number of likely N-dealkylation sites (N-methyl/N-ethyl adjacent to an activating group) is 1. The van der Waals surface area contributed by atoms with Gasteiger partial charge in [-0.2, -0.15) is 0 Å². The van der Waals surface area contributed by atoms with Gasteiger partial charge in [0, 0.05) is 26.0 Å². The van der Waals surface area contributed by atoms with Gasteiger partial charge in [-0.05, 0) is 26.2 Å². The number of alkyl halides is 1. The highest BCUT2D eigenvalue weighted by Crippen LogP contribution is 2.19. The van der Waals surface area contributed by atoms with Crippen LogP contribution in [0.1, 0.15) is 32.6 Å². The molecule has 0 radical (unpaired) electrons. The van der Waals surface area contributed by atoms with E-state index >= 15 is 0 Å². The Kier molecular flexibility index (Phi) is 5.40. The quantitative estimate of drug-likeness (QED) is 0.537. The van der Waals surface area contributed by atoms with Crippen LogP contribution in [0.15, 0.2) is 0 Å². The molecular formula is C11H20ClNO2. The normalized spacial score (nSPS) is 25.5. The fraction of sp³-hybridized carbons (Fsp3) is 0.909. The molecule has 0 aromatic carbocycles. The van der Waals surface area contributed by atoms with Gasteiger partial charge in [-0.3, -0.25) is 4.79 Å². The lowest BCUT2D eigenvalue weighted by atomic mass is 10.1. The molecule has 0 bridgehead atoms. The molecule has 1 aliphatic rings. The lowest BCUT2D eigenvalue weighted by molar-refractivity contribution is -0.133. The van der Waals surface area contributed by atoms with E-state index in [2.05, 4.69) is 0 Å². The fourth-order valence-electron chi connectivity index (χ4n) is 1.96. The number of nitrogens with zero attached hydrogens (tertiary/aromatic N) is 1. The summed E-state index contributed by atoms with van der Waals surface area (Å²) in [5, 5.41) is 0. The molecule has 1 aliphatic heterocycles. The van der Waals surface area contributed by atoms with Crippen LogP contribution in [0.2, 0.25) is 0 Å². The summed E-state index contributed by atoms with van der Waals surface area (Å²) >= 11 is 5.57. The van der Waals surface area contributed by atoms with E-state index in [9.17, 15) is 4.79 Å². The minimum absolute atomic E-state index is 0.173.